The first kappa shape index (κ1) is 13.4. The molecule has 0 atom stereocenters. The Morgan fingerprint density at radius 2 is 1.93 bits per heavy atom. The number of allylic oxidation sites excluding steroid dienone is 4. The summed E-state index contributed by atoms with van der Waals surface area (Å²) in [6, 6.07) is 0. The van der Waals surface area contributed by atoms with Gasteiger partial charge in [0, 0.05) is 35.3 Å². The van der Waals surface area contributed by atoms with Crippen LogP contribution in [0, 0.1) is 0 Å². The Balaban J connectivity index is 0.000000242. The highest BCUT2D eigenvalue weighted by Crippen LogP contribution is 2.10. The first-order chi connectivity index (χ1) is 7.11. The van der Waals surface area contributed by atoms with Gasteiger partial charge in [-0.1, -0.05) is 0 Å². The van der Waals surface area contributed by atoms with Gasteiger partial charge in [0.15, 0.2) is 12.4 Å². The summed E-state index contributed by atoms with van der Waals surface area (Å²) in [5.41, 5.74) is 1.27. The Morgan fingerprint density at radius 3 is 2.40 bits per heavy atom. The predicted octanol–water partition coefficient (Wildman–Crippen LogP) is -0.955. The van der Waals surface area contributed by atoms with E-state index in [0.717, 1.165) is 0 Å². The van der Waals surface area contributed by atoms with E-state index in [1.54, 1.807) is 0 Å². The first-order valence-electron chi connectivity index (χ1n) is 3.70. The summed E-state index contributed by atoms with van der Waals surface area (Å²) in [6.45, 7) is -0.500. The van der Waals surface area contributed by atoms with Crippen molar-refractivity contribution in [3.05, 3.63) is 36.2 Å². The van der Waals surface area contributed by atoms with E-state index in [9.17, 15) is 0 Å². The van der Waals surface area contributed by atoms with Crippen LogP contribution >= 0.6 is 8.25 Å². The van der Waals surface area contributed by atoms with Gasteiger partial charge in [0.2, 0.25) is 5.70 Å². The molecule has 0 saturated carbocycles. The van der Waals surface area contributed by atoms with Crippen LogP contribution < -0.4 is 5.11 Å². The van der Waals surface area contributed by atoms with E-state index >= 15 is 0 Å². The van der Waals surface area contributed by atoms with Crippen molar-refractivity contribution in [2.45, 2.75) is 0 Å². The molecular formula is C8H9NO5P+. The van der Waals surface area contributed by atoms with Crippen LogP contribution in [0.4, 0.5) is 0 Å². The maximum atomic E-state index is 8.70. The zero-order chi connectivity index (χ0) is 11.7. The molecule has 0 unspecified atom stereocenters. The molecule has 7 heteroatoms. The Kier molecular flexibility index (Phi) is 6.92. The van der Waals surface area contributed by atoms with Crippen molar-refractivity contribution in [2.24, 2.45) is 0 Å². The summed E-state index contributed by atoms with van der Waals surface area (Å²) in [4.78, 5) is 22.5. The molecule has 2 aliphatic rings. The lowest BCUT2D eigenvalue weighted by molar-refractivity contribution is -0.380. The van der Waals surface area contributed by atoms with Crippen LogP contribution in [0.15, 0.2) is 36.2 Å². The quantitative estimate of drug-likeness (QED) is 0.317. The van der Waals surface area contributed by atoms with Gasteiger partial charge in [-0.05, 0) is 0 Å². The van der Waals surface area contributed by atoms with Crippen LogP contribution in [-0.2, 0) is 9.36 Å². The van der Waals surface area contributed by atoms with Gasteiger partial charge in [-0.15, -0.1) is 9.79 Å². The molecule has 0 aromatic rings. The standard InChI is InChI=1S/C7H6N.CH2O2.HO3P/c1-3-7-4-2-6-8(7)5-1;2-1-3;1-4(2)3/h1-6H;1H,(H,2,3);(H-,1,2,3)/q+1;;. The molecule has 6 nitrogen and oxygen atoms in total. The zero-order valence-corrected chi connectivity index (χ0v) is 8.45. The molecule has 0 spiro atoms. The highest BCUT2D eigenvalue weighted by molar-refractivity contribution is 7.30. The molecule has 80 valence electrons. The highest BCUT2D eigenvalue weighted by Gasteiger charge is 2.13. The molecule has 0 aliphatic carbocycles. The Labute approximate surface area is 86.8 Å². The van der Waals surface area contributed by atoms with Crippen LogP contribution in [0.25, 0.3) is 0 Å². The molecule has 2 rings (SSSR count). The molecule has 2 aliphatic heterocycles. The summed E-state index contributed by atoms with van der Waals surface area (Å²) >= 11 is 0. The van der Waals surface area contributed by atoms with Gasteiger partial charge < -0.3 is 9.90 Å². The highest BCUT2D eigenvalue weighted by atomic mass is 31.1. The van der Waals surface area contributed by atoms with E-state index < -0.39 is 14.7 Å². The number of carbonyl (C=O) groups excluding carboxylic acids is 1. The van der Waals surface area contributed by atoms with E-state index in [1.165, 1.54) is 5.70 Å². The third-order valence-corrected chi connectivity index (χ3v) is 1.33. The number of carbonyl (C=O) groups is 1. The molecule has 0 radical (unpaired) electrons. The van der Waals surface area contributed by atoms with Crippen molar-refractivity contribution >= 4 is 20.9 Å². The normalized spacial score (nSPS) is 13.7. The Hall–Kier alpha value is -1.62. The molecule has 0 aromatic heterocycles. The van der Waals surface area contributed by atoms with Gasteiger partial charge in [-0.3, -0.25) is 0 Å². The molecule has 2 heterocycles. The second kappa shape index (κ2) is 7.75. The molecule has 0 fully saturated rings. The number of nitrogens with zero attached hydrogens (tertiary/aromatic N) is 1. The van der Waals surface area contributed by atoms with E-state index in [0.29, 0.717) is 0 Å². The smallest absolute Gasteiger partial charge is 0.554 e. The topological polar surface area (TPSA) is 101 Å². The van der Waals surface area contributed by atoms with Crippen molar-refractivity contribution in [1.29, 1.82) is 0 Å². The van der Waals surface area contributed by atoms with E-state index in [2.05, 4.69) is 16.7 Å². The van der Waals surface area contributed by atoms with E-state index in [4.69, 9.17) is 24.3 Å². The number of hydrogen-bond donors (Lipinski definition) is 2. The number of carboxylic acid groups (broad SMARTS) is 1. The summed E-state index contributed by atoms with van der Waals surface area (Å²) in [5, 5.41) is 8.25. The fourth-order valence-electron chi connectivity index (χ4n) is 0.918. The lowest BCUT2D eigenvalue weighted by Crippen LogP contribution is -2.01. The molecule has 15 heavy (non-hydrogen) atoms. The maximum absolute atomic E-state index is 8.70. The molecular weight excluding hydrogens is 221 g/mol. The van der Waals surface area contributed by atoms with Crippen molar-refractivity contribution in [3.8, 4) is 0 Å². The molecule has 0 aromatic carbocycles. The Morgan fingerprint density at radius 1 is 1.40 bits per heavy atom. The number of rotatable bonds is 0. The molecule has 0 bridgehead atoms. The van der Waals surface area contributed by atoms with Crippen LogP contribution in [0.5, 0.6) is 0 Å². The maximum Gasteiger partial charge on any atom is 0.692 e. The summed E-state index contributed by atoms with van der Waals surface area (Å²) in [6.07, 6.45) is 12.3. The van der Waals surface area contributed by atoms with Gasteiger partial charge in [0.1, 0.15) is 0 Å². The second-order valence-corrected chi connectivity index (χ2v) is 2.70. The zero-order valence-electron chi connectivity index (χ0n) is 7.56. The SMILES string of the molecule is C1=CC2=CC=C[N+]2=C1.O=C[O-].O=[P+](O)O. The largest absolute Gasteiger partial charge is 0.692 e. The predicted molar refractivity (Wildman–Crippen MR) is 50.8 cm³/mol. The van der Waals surface area contributed by atoms with Crippen molar-refractivity contribution < 1.29 is 28.8 Å². The third kappa shape index (κ3) is 6.45. The summed E-state index contributed by atoms with van der Waals surface area (Å²) in [7, 11) is -2.87. The minimum Gasteiger partial charge on any atom is -0.554 e. The van der Waals surface area contributed by atoms with Crippen LogP contribution in [-0.4, -0.2) is 27.0 Å². The fourth-order valence-corrected chi connectivity index (χ4v) is 0.918. The van der Waals surface area contributed by atoms with E-state index in [1.807, 2.05) is 24.6 Å². The van der Waals surface area contributed by atoms with Crippen molar-refractivity contribution in [3.63, 3.8) is 0 Å². The van der Waals surface area contributed by atoms with Crippen molar-refractivity contribution in [1.82, 2.24) is 0 Å². The van der Waals surface area contributed by atoms with Gasteiger partial charge >= 0.3 is 8.25 Å². The number of fused-ring (bicyclic) bond motifs is 1. The van der Waals surface area contributed by atoms with Crippen LogP contribution in [0.1, 0.15) is 0 Å². The van der Waals surface area contributed by atoms with E-state index in [-0.39, 0.29) is 0 Å². The van der Waals surface area contributed by atoms with Crippen molar-refractivity contribution in [2.75, 3.05) is 0 Å². The molecule has 2 N–H and O–H groups in total. The monoisotopic (exact) mass is 230 g/mol. The average Bonchev–Trinajstić information content (AvgIpc) is 2.62. The third-order valence-electron chi connectivity index (χ3n) is 1.33. The number of hydrogen-bond acceptors (Lipinski definition) is 3. The first-order valence-corrected chi connectivity index (χ1v) is 4.87. The summed E-state index contributed by atoms with van der Waals surface area (Å²) < 4.78 is 10.8. The lowest BCUT2D eigenvalue weighted by atomic mass is 10.4. The summed E-state index contributed by atoms with van der Waals surface area (Å²) in [5.74, 6) is 0. The van der Waals surface area contributed by atoms with Gasteiger partial charge in [0.05, 0.1) is 0 Å². The molecule has 0 saturated heterocycles. The molecule has 0 amide bonds. The minimum atomic E-state index is -2.87. The fraction of sp³-hybridized carbons (Fsp3) is 0. The average molecular weight is 230 g/mol. The van der Waals surface area contributed by atoms with Gasteiger partial charge in [-0.25, -0.2) is 0 Å². The second-order valence-electron chi connectivity index (χ2n) is 2.20. The Bertz CT molecular complexity index is 326. The minimum absolute atomic E-state index is 0.500. The lowest BCUT2D eigenvalue weighted by Gasteiger charge is -1.79. The van der Waals surface area contributed by atoms with Crippen LogP contribution in [0.2, 0.25) is 0 Å². The van der Waals surface area contributed by atoms with Crippen LogP contribution in [0.3, 0.4) is 0 Å². The van der Waals surface area contributed by atoms with Gasteiger partial charge in [-0.2, -0.15) is 4.58 Å². The van der Waals surface area contributed by atoms with Gasteiger partial charge in [0.25, 0.3) is 0 Å².